The monoisotopic (exact) mass is 318 g/mol. The molecule has 1 heterocycles. The van der Waals surface area contributed by atoms with Crippen molar-refractivity contribution in [1.29, 1.82) is 0 Å². The van der Waals surface area contributed by atoms with Crippen molar-refractivity contribution in [3.8, 4) is 0 Å². The summed E-state index contributed by atoms with van der Waals surface area (Å²) in [7, 11) is 0. The molecule has 0 aliphatic rings. The average molecular weight is 318 g/mol. The van der Waals surface area contributed by atoms with Crippen LogP contribution in [0.2, 0.25) is 0 Å². The molecule has 2 aromatic rings. The third-order valence-corrected chi connectivity index (χ3v) is 3.00. The van der Waals surface area contributed by atoms with Crippen LogP contribution in [0.25, 0.3) is 0 Å². The lowest BCUT2D eigenvalue weighted by molar-refractivity contribution is -0.384. The van der Waals surface area contributed by atoms with E-state index in [0.29, 0.717) is 5.82 Å². The minimum Gasteiger partial charge on any atom is -0.379 e. The molecule has 1 aromatic carbocycles. The number of anilines is 2. The molecule has 0 saturated carbocycles. The first-order valence-electron chi connectivity index (χ1n) is 6.86. The normalized spacial score (nSPS) is 10.2. The maximum absolute atomic E-state index is 13.2. The molecule has 0 bridgehead atoms. The standard InChI is InChI=1S/C15H15FN4O3/c1-10-2-5-14(18-9-10)19-15(21)6-7-17-12-8-11(16)3-4-13(12)20(22)23/h2-5,8-9,17H,6-7H2,1H3,(H,18,19,21). The van der Waals surface area contributed by atoms with Gasteiger partial charge in [-0.05, 0) is 24.6 Å². The maximum Gasteiger partial charge on any atom is 0.292 e. The summed E-state index contributed by atoms with van der Waals surface area (Å²) in [6.07, 6.45) is 1.69. The first-order chi connectivity index (χ1) is 11.0. The fourth-order valence-corrected chi connectivity index (χ4v) is 1.87. The van der Waals surface area contributed by atoms with Gasteiger partial charge in [0.25, 0.3) is 5.69 Å². The Morgan fingerprint density at radius 3 is 2.78 bits per heavy atom. The summed E-state index contributed by atoms with van der Waals surface area (Å²) in [5.74, 6) is -0.461. The van der Waals surface area contributed by atoms with Crippen molar-refractivity contribution < 1.29 is 14.1 Å². The van der Waals surface area contributed by atoms with E-state index in [2.05, 4.69) is 15.6 Å². The van der Waals surface area contributed by atoms with E-state index in [1.54, 1.807) is 12.3 Å². The molecule has 1 amide bonds. The Morgan fingerprint density at radius 1 is 1.35 bits per heavy atom. The minimum atomic E-state index is -0.613. The van der Waals surface area contributed by atoms with Gasteiger partial charge in [0, 0.05) is 31.3 Å². The SMILES string of the molecule is Cc1ccc(NC(=O)CCNc2cc(F)ccc2[N+](=O)[O-])nc1. The highest BCUT2D eigenvalue weighted by molar-refractivity contribution is 5.90. The number of amides is 1. The number of aromatic nitrogens is 1. The summed E-state index contributed by atoms with van der Waals surface area (Å²) in [6.45, 7) is 2.01. The van der Waals surface area contributed by atoms with Crippen LogP contribution >= 0.6 is 0 Å². The second-order valence-corrected chi connectivity index (χ2v) is 4.86. The van der Waals surface area contributed by atoms with Crippen LogP contribution in [-0.4, -0.2) is 22.4 Å². The second-order valence-electron chi connectivity index (χ2n) is 4.86. The lowest BCUT2D eigenvalue weighted by Crippen LogP contribution is -2.17. The molecule has 8 heteroatoms. The number of benzene rings is 1. The smallest absolute Gasteiger partial charge is 0.292 e. The largest absolute Gasteiger partial charge is 0.379 e. The number of hydrogen-bond acceptors (Lipinski definition) is 5. The quantitative estimate of drug-likeness (QED) is 0.630. The van der Waals surface area contributed by atoms with Gasteiger partial charge in [0.15, 0.2) is 0 Å². The molecule has 120 valence electrons. The Morgan fingerprint density at radius 2 is 2.13 bits per heavy atom. The van der Waals surface area contributed by atoms with Crippen LogP contribution in [0.15, 0.2) is 36.5 Å². The van der Waals surface area contributed by atoms with Crippen molar-refractivity contribution in [2.75, 3.05) is 17.2 Å². The lowest BCUT2D eigenvalue weighted by atomic mass is 10.2. The number of nitro groups is 1. The third-order valence-electron chi connectivity index (χ3n) is 3.00. The highest BCUT2D eigenvalue weighted by atomic mass is 19.1. The fraction of sp³-hybridized carbons (Fsp3) is 0.200. The molecule has 2 N–H and O–H groups in total. The van der Waals surface area contributed by atoms with E-state index in [9.17, 15) is 19.3 Å². The molecule has 2 rings (SSSR count). The first-order valence-corrected chi connectivity index (χ1v) is 6.86. The molecular formula is C15H15FN4O3. The summed E-state index contributed by atoms with van der Waals surface area (Å²) in [5, 5.41) is 16.2. The lowest BCUT2D eigenvalue weighted by Gasteiger charge is -2.08. The van der Waals surface area contributed by atoms with Gasteiger partial charge in [-0.3, -0.25) is 14.9 Å². The molecule has 0 unspecified atom stereocenters. The van der Waals surface area contributed by atoms with Crippen molar-refractivity contribution in [3.63, 3.8) is 0 Å². The van der Waals surface area contributed by atoms with Gasteiger partial charge in [-0.25, -0.2) is 9.37 Å². The number of nitrogens with one attached hydrogen (secondary N) is 2. The van der Waals surface area contributed by atoms with E-state index in [0.717, 1.165) is 23.8 Å². The number of pyridine rings is 1. The predicted molar refractivity (Wildman–Crippen MR) is 83.8 cm³/mol. The summed E-state index contributed by atoms with van der Waals surface area (Å²) in [5.41, 5.74) is 0.770. The molecule has 0 radical (unpaired) electrons. The number of hydrogen-bond donors (Lipinski definition) is 2. The fourth-order valence-electron chi connectivity index (χ4n) is 1.87. The van der Waals surface area contributed by atoms with Crippen LogP contribution in [0.5, 0.6) is 0 Å². The Balaban J connectivity index is 1.89. The van der Waals surface area contributed by atoms with E-state index in [4.69, 9.17) is 0 Å². The van der Waals surface area contributed by atoms with Crippen LogP contribution in [0.3, 0.4) is 0 Å². The predicted octanol–water partition coefficient (Wildman–Crippen LogP) is 2.88. The van der Waals surface area contributed by atoms with E-state index < -0.39 is 10.7 Å². The highest BCUT2D eigenvalue weighted by Gasteiger charge is 2.14. The van der Waals surface area contributed by atoms with Crippen LogP contribution in [-0.2, 0) is 4.79 Å². The zero-order valence-corrected chi connectivity index (χ0v) is 12.4. The summed E-state index contributed by atoms with van der Waals surface area (Å²) < 4.78 is 13.2. The van der Waals surface area contributed by atoms with E-state index in [1.807, 2.05) is 13.0 Å². The number of carbonyl (C=O) groups is 1. The Bertz CT molecular complexity index is 719. The van der Waals surface area contributed by atoms with Crippen molar-refractivity contribution in [1.82, 2.24) is 4.98 Å². The van der Waals surface area contributed by atoms with Crippen LogP contribution in [0, 0.1) is 22.9 Å². The van der Waals surface area contributed by atoms with Crippen molar-refractivity contribution in [2.45, 2.75) is 13.3 Å². The van der Waals surface area contributed by atoms with Gasteiger partial charge in [0.05, 0.1) is 4.92 Å². The molecule has 0 atom stereocenters. The van der Waals surface area contributed by atoms with Crippen LogP contribution in [0.4, 0.5) is 21.6 Å². The number of halogens is 1. The maximum atomic E-state index is 13.2. The Labute approximate surface area is 131 Å². The molecule has 0 fully saturated rings. The molecule has 0 saturated heterocycles. The average Bonchev–Trinajstić information content (AvgIpc) is 2.49. The summed E-state index contributed by atoms with van der Waals surface area (Å²) in [6, 6.07) is 6.61. The topological polar surface area (TPSA) is 97.2 Å². The molecular weight excluding hydrogens is 303 g/mol. The second kappa shape index (κ2) is 7.30. The van der Waals surface area contributed by atoms with Gasteiger partial charge < -0.3 is 10.6 Å². The first kappa shape index (κ1) is 16.3. The van der Waals surface area contributed by atoms with Crippen molar-refractivity contribution in [3.05, 3.63) is 58.0 Å². The van der Waals surface area contributed by atoms with Gasteiger partial charge in [-0.1, -0.05) is 6.07 Å². The molecule has 0 aliphatic carbocycles. The number of aryl methyl sites for hydroxylation is 1. The van der Waals surface area contributed by atoms with E-state index in [1.165, 1.54) is 0 Å². The Kier molecular flexibility index (Phi) is 5.19. The van der Waals surface area contributed by atoms with Gasteiger partial charge in [0.1, 0.15) is 17.3 Å². The number of nitro benzene ring substituents is 1. The zero-order chi connectivity index (χ0) is 16.8. The molecule has 7 nitrogen and oxygen atoms in total. The summed E-state index contributed by atoms with van der Waals surface area (Å²) in [4.78, 5) is 26.1. The molecule has 0 aliphatic heterocycles. The van der Waals surface area contributed by atoms with Gasteiger partial charge in [-0.15, -0.1) is 0 Å². The van der Waals surface area contributed by atoms with Gasteiger partial charge in [0.2, 0.25) is 5.91 Å². The Hall–Kier alpha value is -3.03. The van der Waals surface area contributed by atoms with E-state index >= 15 is 0 Å². The van der Waals surface area contributed by atoms with E-state index in [-0.39, 0.29) is 30.2 Å². The molecule has 1 aromatic heterocycles. The van der Waals surface area contributed by atoms with Crippen LogP contribution < -0.4 is 10.6 Å². The van der Waals surface area contributed by atoms with Crippen LogP contribution in [0.1, 0.15) is 12.0 Å². The third kappa shape index (κ3) is 4.73. The zero-order valence-electron chi connectivity index (χ0n) is 12.4. The van der Waals surface area contributed by atoms with Crippen molar-refractivity contribution in [2.24, 2.45) is 0 Å². The number of nitrogens with zero attached hydrogens (tertiary/aromatic N) is 2. The highest BCUT2D eigenvalue weighted by Crippen LogP contribution is 2.24. The van der Waals surface area contributed by atoms with Gasteiger partial charge >= 0.3 is 0 Å². The number of carbonyl (C=O) groups excluding carboxylic acids is 1. The summed E-state index contributed by atoms with van der Waals surface area (Å²) >= 11 is 0. The molecule has 23 heavy (non-hydrogen) atoms. The number of rotatable bonds is 6. The van der Waals surface area contributed by atoms with Gasteiger partial charge in [-0.2, -0.15) is 0 Å². The molecule has 0 spiro atoms. The minimum absolute atomic E-state index is 0.0382. The van der Waals surface area contributed by atoms with Crippen molar-refractivity contribution >= 4 is 23.1 Å².